The molecule has 2 aliphatic heterocycles. The third kappa shape index (κ3) is 4.50. The second-order valence-corrected chi connectivity index (χ2v) is 8.11. The molecule has 0 bridgehead atoms. The van der Waals surface area contributed by atoms with Gasteiger partial charge in [-0.2, -0.15) is 0 Å². The molecule has 1 aromatic rings. The zero-order valence-corrected chi connectivity index (χ0v) is 16.9. The van der Waals surface area contributed by atoms with E-state index in [-0.39, 0.29) is 5.82 Å². The Morgan fingerprint density at radius 2 is 1.81 bits per heavy atom. The van der Waals surface area contributed by atoms with Crippen LogP contribution < -0.4 is 4.74 Å². The monoisotopic (exact) mass is 383 g/mol. The summed E-state index contributed by atoms with van der Waals surface area (Å²) in [6, 6.07) is 3.66. The number of hydrogen-bond acceptors (Lipinski definition) is 4. The number of benzene rings is 1. The molecule has 0 radical (unpaired) electrons. The summed E-state index contributed by atoms with van der Waals surface area (Å²) in [5, 5.41) is 0.403. The van der Waals surface area contributed by atoms with Crippen LogP contribution in [-0.4, -0.2) is 74.2 Å². The molecule has 26 heavy (non-hydrogen) atoms. The van der Waals surface area contributed by atoms with Gasteiger partial charge in [0.05, 0.1) is 12.1 Å². The molecule has 2 heterocycles. The molecule has 2 saturated heterocycles. The quantitative estimate of drug-likeness (QED) is 0.776. The van der Waals surface area contributed by atoms with Crippen LogP contribution in [-0.2, 0) is 6.54 Å². The van der Waals surface area contributed by atoms with Gasteiger partial charge in [0, 0.05) is 44.3 Å². The minimum atomic E-state index is -0.247. The number of hydrogen-bond donors (Lipinski definition) is 0. The number of ether oxygens (including phenoxy) is 1. The van der Waals surface area contributed by atoms with E-state index < -0.39 is 0 Å². The van der Waals surface area contributed by atoms with E-state index in [4.69, 9.17) is 16.3 Å². The van der Waals surface area contributed by atoms with Gasteiger partial charge >= 0.3 is 0 Å². The maximum atomic E-state index is 14.2. The van der Waals surface area contributed by atoms with Crippen molar-refractivity contribution in [3.8, 4) is 5.75 Å². The van der Waals surface area contributed by atoms with E-state index in [0.29, 0.717) is 28.9 Å². The number of piperazine rings is 1. The molecule has 2 fully saturated rings. The van der Waals surface area contributed by atoms with Crippen LogP contribution in [0.25, 0.3) is 0 Å². The van der Waals surface area contributed by atoms with Crippen LogP contribution in [0.3, 0.4) is 0 Å². The highest BCUT2D eigenvalue weighted by molar-refractivity contribution is 6.32. The highest BCUT2D eigenvalue weighted by Gasteiger charge is 2.29. The first-order valence-electron chi connectivity index (χ1n) is 9.65. The standard InChI is InChI=1S/C20H31ClFN3O/c1-15(25-12-10-23(2)11-13-25)16-6-8-24(9-7-16)14-17-18(22)4-5-19(26-3)20(17)21/h4-5,15-16H,6-14H2,1-3H3/t15-/m0/s1. The van der Waals surface area contributed by atoms with Gasteiger partial charge in [0.1, 0.15) is 11.6 Å². The summed E-state index contributed by atoms with van der Waals surface area (Å²) in [4.78, 5) is 7.36. The van der Waals surface area contributed by atoms with Gasteiger partial charge in [0.25, 0.3) is 0 Å². The van der Waals surface area contributed by atoms with E-state index in [1.807, 2.05) is 0 Å². The summed E-state index contributed by atoms with van der Waals surface area (Å²) in [5.41, 5.74) is 0.552. The van der Waals surface area contributed by atoms with E-state index in [2.05, 4.69) is 28.7 Å². The molecular formula is C20H31ClFN3O. The third-order valence-electron chi connectivity index (χ3n) is 6.18. The predicted octanol–water partition coefficient (Wildman–Crippen LogP) is 3.34. The largest absolute Gasteiger partial charge is 0.495 e. The average molecular weight is 384 g/mol. The number of rotatable bonds is 5. The molecule has 0 aliphatic carbocycles. The fourth-order valence-electron chi connectivity index (χ4n) is 4.22. The van der Waals surface area contributed by atoms with E-state index >= 15 is 0 Å². The first kappa shape index (κ1) is 19.9. The van der Waals surface area contributed by atoms with Crippen molar-refractivity contribution in [3.63, 3.8) is 0 Å². The SMILES string of the molecule is COc1ccc(F)c(CN2CCC([C@H](C)N3CCN(C)CC3)CC2)c1Cl. The number of nitrogens with zero attached hydrogens (tertiary/aromatic N) is 3. The predicted molar refractivity (Wildman–Crippen MR) is 104 cm³/mol. The van der Waals surface area contributed by atoms with Crippen molar-refractivity contribution in [3.05, 3.63) is 28.5 Å². The van der Waals surface area contributed by atoms with Crippen molar-refractivity contribution in [2.24, 2.45) is 5.92 Å². The number of likely N-dealkylation sites (tertiary alicyclic amines) is 1. The lowest BCUT2D eigenvalue weighted by Gasteiger charge is -2.42. The van der Waals surface area contributed by atoms with Crippen LogP contribution in [0.1, 0.15) is 25.3 Å². The number of likely N-dealkylation sites (N-methyl/N-ethyl adjacent to an activating group) is 1. The Morgan fingerprint density at radius 3 is 2.42 bits per heavy atom. The van der Waals surface area contributed by atoms with Gasteiger partial charge < -0.3 is 9.64 Å². The van der Waals surface area contributed by atoms with Crippen molar-refractivity contribution in [2.75, 3.05) is 53.4 Å². The van der Waals surface area contributed by atoms with Crippen molar-refractivity contribution in [1.29, 1.82) is 0 Å². The molecule has 0 aromatic heterocycles. The molecule has 0 saturated carbocycles. The Hall–Kier alpha value is -0.880. The number of piperidine rings is 1. The Labute approximate surface area is 161 Å². The highest BCUT2D eigenvalue weighted by atomic mass is 35.5. The Balaban J connectivity index is 1.54. The summed E-state index contributed by atoms with van der Waals surface area (Å²) >= 11 is 6.32. The minimum Gasteiger partial charge on any atom is -0.495 e. The molecule has 1 aromatic carbocycles. The Kier molecular flexibility index (Phi) is 6.78. The van der Waals surface area contributed by atoms with Gasteiger partial charge in [0.2, 0.25) is 0 Å². The summed E-state index contributed by atoms with van der Waals surface area (Å²) in [6.07, 6.45) is 2.33. The van der Waals surface area contributed by atoms with E-state index in [0.717, 1.165) is 44.9 Å². The van der Waals surface area contributed by atoms with Gasteiger partial charge in [-0.25, -0.2) is 4.39 Å². The third-order valence-corrected chi connectivity index (χ3v) is 6.59. The average Bonchev–Trinajstić information content (AvgIpc) is 2.66. The van der Waals surface area contributed by atoms with Crippen molar-refractivity contribution >= 4 is 11.6 Å². The number of methoxy groups -OCH3 is 1. The van der Waals surface area contributed by atoms with Crippen LogP contribution in [0, 0.1) is 11.7 Å². The first-order valence-corrected chi connectivity index (χ1v) is 10.0. The van der Waals surface area contributed by atoms with Crippen LogP contribution in [0.15, 0.2) is 12.1 Å². The topological polar surface area (TPSA) is 19.0 Å². The zero-order valence-electron chi connectivity index (χ0n) is 16.2. The summed E-state index contributed by atoms with van der Waals surface area (Å²) in [6.45, 7) is 9.59. The summed E-state index contributed by atoms with van der Waals surface area (Å²) < 4.78 is 19.5. The van der Waals surface area contributed by atoms with Crippen LogP contribution in [0.2, 0.25) is 5.02 Å². The lowest BCUT2D eigenvalue weighted by molar-refractivity contribution is 0.0596. The fourth-order valence-corrected chi connectivity index (χ4v) is 4.51. The first-order chi connectivity index (χ1) is 12.5. The second-order valence-electron chi connectivity index (χ2n) is 7.74. The molecule has 0 amide bonds. The molecule has 4 nitrogen and oxygen atoms in total. The maximum absolute atomic E-state index is 14.2. The van der Waals surface area contributed by atoms with Crippen molar-refractivity contribution in [2.45, 2.75) is 32.4 Å². The van der Waals surface area contributed by atoms with Crippen LogP contribution >= 0.6 is 11.6 Å². The second kappa shape index (κ2) is 8.87. The molecule has 0 spiro atoms. The van der Waals surface area contributed by atoms with Crippen molar-refractivity contribution < 1.29 is 9.13 Å². The zero-order chi connectivity index (χ0) is 18.7. The highest BCUT2D eigenvalue weighted by Crippen LogP contribution is 2.32. The molecule has 0 N–H and O–H groups in total. The smallest absolute Gasteiger partial charge is 0.137 e. The molecule has 3 rings (SSSR count). The van der Waals surface area contributed by atoms with E-state index in [1.165, 1.54) is 19.2 Å². The van der Waals surface area contributed by atoms with Crippen molar-refractivity contribution in [1.82, 2.24) is 14.7 Å². The molecule has 1 atom stereocenters. The molecule has 0 unspecified atom stereocenters. The molecule has 146 valence electrons. The summed E-state index contributed by atoms with van der Waals surface area (Å²) in [5.74, 6) is 1.02. The normalized spacial score (nSPS) is 22.5. The van der Waals surface area contributed by atoms with Crippen LogP contribution in [0.4, 0.5) is 4.39 Å². The maximum Gasteiger partial charge on any atom is 0.137 e. The Morgan fingerprint density at radius 1 is 1.15 bits per heavy atom. The minimum absolute atomic E-state index is 0.247. The number of halogens is 2. The van der Waals surface area contributed by atoms with Crippen LogP contribution in [0.5, 0.6) is 5.75 Å². The van der Waals surface area contributed by atoms with E-state index in [9.17, 15) is 4.39 Å². The van der Waals surface area contributed by atoms with Gasteiger partial charge in [0.15, 0.2) is 0 Å². The fraction of sp³-hybridized carbons (Fsp3) is 0.700. The van der Waals surface area contributed by atoms with Gasteiger partial charge in [-0.3, -0.25) is 9.80 Å². The lowest BCUT2D eigenvalue weighted by atomic mass is 9.89. The molecule has 6 heteroatoms. The lowest BCUT2D eigenvalue weighted by Crippen LogP contribution is -2.51. The molecular weight excluding hydrogens is 353 g/mol. The van der Waals surface area contributed by atoms with Gasteiger partial charge in [-0.15, -0.1) is 0 Å². The van der Waals surface area contributed by atoms with E-state index in [1.54, 1.807) is 13.2 Å². The summed E-state index contributed by atoms with van der Waals surface area (Å²) in [7, 11) is 3.76. The van der Waals surface area contributed by atoms with Gasteiger partial charge in [-0.1, -0.05) is 11.6 Å². The van der Waals surface area contributed by atoms with Gasteiger partial charge in [-0.05, 0) is 58.0 Å². The Bertz CT molecular complexity index is 599. The molecule has 2 aliphatic rings.